The van der Waals surface area contributed by atoms with Crippen molar-refractivity contribution < 1.29 is 4.79 Å². The zero-order valence-corrected chi connectivity index (χ0v) is 18.2. The number of rotatable bonds is 6. The van der Waals surface area contributed by atoms with Gasteiger partial charge >= 0.3 is 0 Å². The molecule has 0 bridgehead atoms. The highest BCUT2D eigenvalue weighted by molar-refractivity contribution is 6.11. The minimum absolute atomic E-state index is 0.256. The van der Waals surface area contributed by atoms with E-state index in [2.05, 4.69) is 41.3 Å². The molecule has 0 aliphatic carbocycles. The Balaban J connectivity index is 1.42. The lowest BCUT2D eigenvalue weighted by Crippen LogP contribution is -2.37. The van der Waals surface area contributed by atoms with Crippen LogP contribution in [0.5, 0.6) is 0 Å². The standard InChI is InChI=1S/C24H25N7O/c1-30(2)15-16-10-18(14-25-13-16)17-4-5-21-20(11-17)23(29-28-21)24(32)27-19-6-7-26-22(12-19)31-8-3-9-31/h4-7,10-14H,3,8-9,15H2,1-2H3,(H,28,29)(H,26,27,32). The molecule has 0 saturated carbocycles. The zero-order chi connectivity index (χ0) is 22.1. The van der Waals surface area contributed by atoms with E-state index >= 15 is 0 Å². The fourth-order valence-electron chi connectivity index (χ4n) is 3.87. The zero-order valence-electron chi connectivity index (χ0n) is 18.2. The van der Waals surface area contributed by atoms with Crippen molar-refractivity contribution in [3.05, 3.63) is 66.2 Å². The average molecular weight is 428 g/mol. The van der Waals surface area contributed by atoms with Gasteiger partial charge in [0.2, 0.25) is 0 Å². The van der Waals surface area contributed by atoms with E-state index in [0.29, 0.717) is 11.4 Å². The molecule has 4 aromatic rings. The molecule has 5 rings (SSSR count). The number of pyridine rings is 2. The van der Waals surface area contributed by atoms with E-state index in [1.807, 2.05) is 50.8 Å². The normalized spacial score (nSPS) is 13.4. The van der Waals surface area contributed by atoms with Crippen molar-refractivity contribution >= 4 is 28.3 Å². The molecule has 32 heavy (non-hydrogen) atoms. The molecule has 0 spiro atoms. The number of hydrogen-bond acceptors (Lipinski definition) is 6. The fourth-order valence-corrected chi connectivity index (χ4v) is 3.87. The number of benzene rings is 1. The molecule has 1 aliphatic heterocycles. The van der Waals surface area contributed by atoms with E-state index < -0.39 is 0 Å². The first kappa shape index (κ1) is 20.1. The third kappa shape index (κ3) is 4.04. The van der Waals surface area contributed by atoms with E-state index in [0.717, 1.165) is 53.0 Å². The third-order valence-electron chi connectivity index (χ3n) is 5.59. The number of hydrogen-bond donors (Lipinski definition) is 2. The highest BCUT2D eigenvalue weighted by atomic mass is 16.1. The molecule has 1 aromatic carbocycles. The van der Waals surface area contributed by atoms with Gasteiger partial charge in [0.1, 0.15) is 5.82 Å². The van der Waals surface area contributed by atoms with Crippen molar-refractivity contribution in [1.29, 1.82) is 0 Å². The average Bonchev–Trinajstić information content (AvgIpc) is 3.16. The number of amides is 1. The highest BCUT2D eigenvalue weighted by Crippen LogP contribution is 2.27. The second kappa shape index (κ2) is 8.39. The molecule has 162 valence electrons. The topological polar surface area (TPSA) is 90.0 Å². The van der Waals surface area contributed by atoms with Crippen LogP contribution in [0.4, 0.5) is 11.5 Å². The molecule has 3 aromatic heterocycles. The molecule has 0 unspecified atom stereocenters. The fraction of sp³-hybridized carbons (Fsp3) is 0.250. The number of carbonyl (C=O) groups is 1. The molecule has 1 amide bonds. The molecule has 2 N–H and O–H groups in total. The van der Waals surface area contributed by atoms with Crippen molar-refractivity contribution in [3.63, 3.8) is 0 Å². The molecular weight excluding hydrogens is 402 g/mol. The SMILES string of the molecule is CN(C)Cc1cncc(-c2ccc3[nH]nc(C(=O)Nc4ccnc(N5CCC5)c4)c3c2)c1. The van der Waals surface area contributed by atoms with Gasteiger partial charge in [0.25, 0.3) is 5.91 Å². The molecule has 8 heteroatoms. The van der Waals surface area contributed by atoms with Gasteiger partial charge in [-0.3, -0.25) is 14.9 Å². The molecule has 8 nitrogen and oxygen atoms in total. The van der Waals surface area contributed by atoms with Crippen molar-refractivity contribution in [2.45, 2.75) is 13.0 Å². The van der Waals surface area contributed by atoms with Crippen LogP contribution in [0.1, 0.15) is 22.5 Å². The lowest BCUT2D eigenvalue weighted by Gasteiger charge is -2.32. The monoisotopic (exact) mass is 427 g/mol. The van der Waals surface area contributed by atoms with Crippen LogP contribution >= 0.6 is 0 Å². The first-order chi connectivity index (χ1) is 15.6. The number of nitrogens with zero attached hydrogens (tertiary/aromatic N) is 5. The van der Waals surface area contributed by atoms with E-state index in [1.165, 1.54) is 6.42 Å². The van der Waals surface area contributed by atoms with Crippen LogP contribution in [0.15, 0.2) is 55.0 Å². The summed E-state index contributed by atoms with van der Waals surface area (Å²) in [5.41, 5.74) is 5.01. The Kier molecular flexibility index (Phi) is 5.28. The van der Waals surface area contributed by atoms with Crippen molar-refractivity contribution in [3.8, 4) is 11.1 Å². The molecule has 0 atom stereocenters. The second-order valence-corrected chi connectivity index (χ2v) is 8.35. The predicted octanol–water partition coefficient (Wildman–Crippen LogP) is 3.54. The van der Waals surface area contributed by atoms with Crippen LogP contribution in [0.2, 0.25) is 0 Å². The summed E-state index contributed by atoms with van der Waals surface area (Å²) in [7, 11) is 4.06. The predicted molar refractivity (Wildman–Crippen MR) is 126 cm³/mol. The number of aromatic nitrogens is 4. The van der Waals surface area contributed by atoms with E-state index in [9.17, 15) is 4.79 Å². The highest BCUT2D eigenvalue weighted by Gasteiger charge is 2.18. The molecular formula is C24H25N7O. The summed E-state index contributed by atoms with van der Waals surface area (Å²) in [6.07, 6.45) is 6.61. The van der Waals surface area contributed by atoms with Gasteiger partial charge in [-0.1, -0.05) is 6.07 Å². The summed E-state index contributed by atoms with van der Waals surface area (Å²) in [5, 5.41) is 11.0. The molecule has 1 saturated heterocycles. The Morgan fingerprint density at radius 2 is 2.00 bits per heavy atom. The van der Waals surface area contributed by atoms with Crippen molar-refractivity contribution in [2.75, 3.05) is 37.4 Å². The summed E-state index contributed by atoms with van der Waals surface area (Å²) >= 11 is 0. The maximum Gasteiger partial charge on any atom is 0.276 e. The van der Waals surface area contributed by atoms with Crippen molar-refractivity contribution in [2.24, 2.45) is 0 Å². The van der Waals surface area contributed by atoms with E-state index in [1.54, 1.807) is 12.3 Å². The lowest BCUT2D eigenvalue weighted by atomic mass is 10.0. The Bertz CT molecular complexity index is 1280. The van der Waals surface area contributed by atoms with Gasteiger partial charge in [-0.2, -0.15) is 5.10 Å². The summed E-state index contributed by atoms with van der Waals surface area (Å²) < 4.78 is 0. The largest absolute Gasteiger partial charge is 0.356 e. The minimum atomic E-state index is -0.256. The Morgan fingerprint density at radius 3 is 2.78 bits per heavy atom. The second-order valence-electron chi connectivity index (χ2n) is 8.35. The summed E-state index contributed by atoms with van der Waals surface area (Å²) in [5.74, 6) is 0.627. The van der Waals surface area contributed by atoms with Gasteiger partial charge < -0.3 is 15.1 Å². The number of H-pyrrole nitrogens is 1. The van der Waals surface area contributed by atoms with Crippen LogP contribution in [0.3, 0.4) is 0 Å². The van der Waals surface area contributed by atoms with Gasteiger partial charge in [-0.15, -0.1) is 0 Å². The van der Waals surface area contributed by atoms with Crippen LogP contribution < -0.4 is 10.2 Å². The molecule has 1 fully saturated rings. The smallest absolute Gasteiger partial charge is 0.276 e. The van der Waals surface area contributed by atoms with Crippen LogP contribution in [0.25, 0.3) is 22.0 Å². The third-order valence-corrected chi connectivity index (χ3v) is 5.59. The Hall–Kier alpha value is -3.78. The van der Waals surface area contributed by atoms with Crippen LogP contribution in [0, 0.1) is 0 Å². The lowest BCUT2D eigenvalue weighted by molar-refractivity contribution is 0.102. The molecule has 1 aliphatic rings. The number of nitrogens with one attached hydrogen (secondary N) is 2. The van der Waals surface area contributed by atoms with Gasteiger partial charge in [0, 0.05) is 60.9 Å². The first-order valence-corrected chi connectivity index (χ1v) is 10.7. The summed E-state index contributed by atoms with van der Waals surface area (Å²) in [6, 6.07) is 11.8. The quantitative estimate of drug-likeness (QED) is 0.489. The molecule has 4 heterocycles. The maximum absolute atomic E-state index is 13.0. The van der Waals surface area contributed by atoms with E-state index in [-0.39, 0.29) is 5.91 Å². The molecule has 0 radical (unpaired) electrons. The van der Waals surface area contributed by atoms with Gasteiger partial charge in [-0.05, 0) is 55.9 Å². The Labute approximate surface area is 186 Å². The van der Waals surface area contributed by atoms with Crippen LogP contribution in [-0.2, 0) is 6.54 Å². The summed E-state index contributed by atoms with van der Waals surface area (Å²) in [4.78, 5) is 26.1. The van der Waals surface area contributed by atoms with Gasteiger partial charge in [0.05, 0.1) is 5.52 Å². The van der Waals surface area contributed by atoms with Gasteiger partial charge in [0.15, 0.2) is 5.69 Å². The van der Waals surface area contributed by atoms with Crippen LogP contribution in [-0.4, -0.2) is 58.2 Å². The maximum atomic E-state index is 13.0. The minimum Gasteiger partial charge on any atom is -0.356 e. The van der Waals surface area contributed by atoms with Gasteiger partial charge in [-0.25, -0.2) is 4.98 Å². The number of fused-ring (bicyclic) bond motifs is 1. The number of carbonyl (C=O) groups excluding carboxylic acids is 1. The number of anilines is 2. The Morgan fingerprint density at radius 1 is 1.12 bits per heavy atom. The first-order valence-electron chi connectivity index (χ1n) is 10.7. The van der Waals surface area contributed by atoms with E-state index in [4.69, 9.17) is 0 Å². The van der Waals surface area contributed by atoms with Crippen molar-refractivity contribution in [1.82, 2.24) is 25.1 Å². The summed E-state index contributed by atoms with van der Waals surface area (Å²) in [6.45, 7) is 2.82. The number of aromatic amines is 1.